The van der Waals surface area contributed by atoms with Gasteiger partial charge in [0.1, 0.15) is 0 Å². The molecule has 0 fully saturated rings. The van der Waals surface area contributed by atoms with Crippen LogP contribution in [0.1, 0.15) is 45.2 Å². The first-order valence-corrected chi connectivity index (χ1v) is 6.41. The van der Waals surface area contributed by atoms with Gasteiger partial charge in [0.25, 0.3) is 0 Å². The summed E-state index contributed by atoms with van der Waals surface area (Å²) < 4.78 is 0. The monoisotopic (exact) mass is 228 g/mol. The zero-order valence-electron chi connectivity index (χ0n) is 11.7. The van der Waals surface area contributed by atoms with Gasteiger partial charge < -0.3 is 0 Å². The number of aryl methyl sites for hydroxylation is 1. The second-order valence-electron chi connectivity index (χ2n) is 5.27. The Morgan fingerprint density at radius 2 is 1.94 bits per heavy atom. The highest BCUT2D eigenvalue weighted by atomic mass is 14.0. The highest BCUT2D eigenvalue weighted by Crippen LogP contribution is 2.17. The maximum atomic E-state index is 2.32. The van der Waals surface area contributed by atoms with Gasteiger partial charge in [-0.3, -0.25) is 0 Å². The third-order valence-corrected chi connectivity index (χ3v) is 2.83. The molecule has 0 saturated carbocycles. The standard InChI is InChI=1S/C17H24/c1-13(2)9-10-15(4)11-16(5)17-8-6-7-14(3)12-17/h6-8,10-13H,9H2,1-5H3/b15-10-,16-11+. The number of rotatable bonds is 4. The lowest BCUT2D eigenvalue weighted by Crippen LogP contribution is -1.85. The van der Waals surface area contributed by atoms with Crippen LogP contribution in [0.15, 0.2) is 42.0 Å². The quantitative estimate of drug-likeness (QED) is 0.606. The largest absolute Gasteiger partial charge is 0.0813 e. The van der Waals surface area contributed by atoms with Gasteiger partial charge in [0, 0.05) is 0 Å². The van der Waals surface area contributed by atoms with E-state index in [1.54, 1.807) is 0 Å². The van der Waals surface area contributed by atoms with E-state index in [1.807, 2.05) is 0 Å². The van der Waals surface area contributed by atoms with Crippen LogP contribution in [0.3, 0.4) is 0 Å². The Labute approximate surface area is 106 Å². The highest BCUT2D eigenvalue weighted by molar-refractivity contribution is 5.66. The Morgan fingerprint density at radius 1 is 1.24 bits per heavy atom. The van der Waals surface area contributed by atoms with Crippen molar-refractivity contribution in [3.63, 3.8) is 0 Å². The zero-order valence-corrected chi connectivity index (χ0v) is 11.7. The van der Waals surface area contributed by atoms with E-state index in [4.69, 9.17) is 0 Å². The molecule has 1 aromatic rings. The second kappa shape index (κ2) is 6.44. The molecular formula is C17H24. The summed E-state index contributed by atoms with van der Waals surface area (Å²) in [5, 5.41) is 0. The van der Waals surface area contributed by atoms with Crippen molar-refractivity contribution >= 4 is 5.57 Å². The molecule has 0 heteroatoms. The van der Waals surface area contributed by atoms with Gasteiger partial charge in [0.15, 0.2) is 0 Å². The fourth-order valence-electron chi connectivity index (χ4n) is 1.80. The molecule has 0 saturated heterocycles. The molecule has 92 valence electrons. The molecule has 0 aromatic heterocycles. The number of allylic oxidation sites excluding steroid dienone is 4. The summed E-state index contributed by atoms with van der Waals surface area (Å²) in [7, 11) is 0. The maximum absolute atomic E-state index is 2.32. The van der Waals surface area contributed by atoms with E-state index in [-0.39, 0.29) is 0 Å². The Balaban J connectivity index is 2.82. The van der Waals surface area contributed by atoms with Crippen LogP contribution in [0.2, 0.25) is 0 Å². The molecule has 0 aliphatic rings. The van der Waals surface area contributed by atoms with Crippen molar-refractivity contribution in [2.75, 3.05) is 0 Å². The van der Waals surface area contributed by atoms with Crippen LogP contribution < -0.4 is 0 Å². The van der Waals surface area contributed by atoms with Crippen LogP contribution >= 0.6 is 0 Å². The summed E-state index contributed by atoms with van der Waals surface area (Å²) in [5.74, 6) is 0.734. The summed E-state index contributed by atoms with van der Waals surface area (Å²) >= 11 is 0. The lowest BCUT2D eigenvalue weighted by Gasteiger charge is -2.04. The van der Waals surface area contributed by atoms with E-state index in [0.29, 0.717) is 0 Å². The third-order valence-electron chi connectivity index (χ3n) is 2.83. The number of hydrogen-bond donors (Lipinski definition) is 0. The molecule has 17 heavy (non-hydrogen) atoms. The molecule has 0 amide bonds. The third kappa shape index (κ3) is 5.04. The molecule has 0 atom stereocenters. The molecule has 0 heterocycles. The van der Waals surface area contributed by atoms with Crippen molar-refractivity contribution in [1.82, 2.24) is 0 Å². The normalized spacial score (nSPS) is 13.3. The molecular weight excluding hydrogens is 204 g/mol. The summed E-state index contributed by atoms with van der Waals surface area (Å²) in [4.78, 5) is 0. The summed E-state index contributed by atoms with van der Waals surface area (Å²) in [6, 6.07) is 8.67. The summed E-state index contributed by atoms with van der Waals surface area (Å²) in [6.07, 6.45) is 5.75. The number of benzene rings is 1. The minimum absolute atomic E-state index is 0.734. The van der Waals surface area contributed by atoms with Crippen LogP contribution in [0.5, 0.6) is 0 Å². The van der Waals surface area contributed by atoms with Crippen LogP contribution in [-0.4, -0.2) is 0 Å². The minimum atomic E-state index is 0.734. The average Bonchev–Trinajstić information content (AvgIpc) is 2.26. The zero-order chi connectivity index (χ0) is 12.8. The predicted molar refractivity (Wildman–Crippen MR) is 78.0 cm³/mol. The number of hydrogen-bond acceptors (Lipinski definition) is 0. The lowest BCUT2D eigenvalue weighted by molar-refractivity contribution is 0.662. The van der Waals surface area contributed by atoms with E-state index < -0.39 is 0 Å². The first kappa shape index (κ1) is 13.8. The Bertz CT molecular complexity index is 419. The first-order valence-electron chi connectivity index (χ1n) is 6.41. The first-order chi connectivity index (χ1) is 7.99. The molecule has 0 radical (unpaired) electrons. The van der Waals surface area contributed by atoms with Gasteiger partial charge in [-0.25, -0.2) is 0 Å². The van der Waals surface area contributed by atoms with Crippen LogP contribution in [0.25, 0.3) is 5.57 Å². The minimum Gasteiger partial charge on any atom is -0.0813 e. The molecule has 0 bridgehead atoms. The molecule has 0 N–H and O–H groups in total. The van der Waals surface area contributed by atoms with Crippen LogP contribution in [-0.2, 0) is 0 Å². The van der Waals surface area contributed by atoms with Gasteiger partial charge in [-0.1, -0.05) is 61.4 Å². The second-order valence-corrected chi connectivity index (χ2v) is 5.27. The molecule has 0 spiro atoms. The van der Waals surface area contributed by atoms with E-state index in [2.05, 4.69) is 71.0 Å². The molecule has 0 nitrogen and oxygen atoms in total. The molecule has 0 aliphatic heterocycles. The summed E-state index contributed by atoms with van der Waals surface area (Å²) in [6.45, 7) is 11.0. The van der Waals surface area contributed by atoms with Gasteiger partial charge >= 0.3 is 0 Å². The van der Waals surface area contributed by atoms with Crippen LogP contribution in [0, 0.1) is 12.8 Å². The lowest BCUT2D eigenvalue weighted by atomic mass is 10.0. The molecule has 1 aromatic carbocycles. The van der Waals surface area contributed by atoms with E-state index in [0.717, 1.165) is 12.3 Å². The van der Waals surface area contributed by atoms with Gasteiger partial charge in [-0.15, -0.1) is 0 Å². The molecule has 0 aliphatic carbocycles. The van der Waals surface area contributed by atoms with Crippen molar-refractivity contribution in [2.24, 2.45) is 5.92 Å². The van der Waals surface area contributed by atoms with Gasteiger partial charge in [0.05, 0.1) is 0 Å². The fraction of sp³-hybridized carbons (Fsp3) is 0.412. The summed E-state index contributed by atoms with van der Waals surface area (Å²) in [5.41, 5.74) is 5.34. The van der Waals surface area contributed by atoms with Crippen molar-refractivity contribution in [1.29, 1.82) is 0 Å². The van der Waals surface area contributed by atoms with Crippen molar-refractivity contribution < 1.29 is 0 Å². The predicted octanol–water partition coefficient (Wildman–Crippen LogP) is 5.39. The van der Waals surface area contributed by atoms with Gasteiger partial charge in [-0.05, 0) is 44.2 Å². The SMILES string of the molecule is CC(=C/CC(C)C)/C=C(\C)c1cccc(C)c1. The average molecular weight is 228 g/mol. The Hall–Kier alpha value is -1.30. The Kier molecular flexibility index (Phi) is 5.21. The van der Waals surface area contributed by atoms with E-state index in [1.165, 1.54) is 22.3 Å². The molecule has 0 unspecified atom stereocenters. The Morgan fingerprint density at radius 3 is 2.53 bits per heavy atom. The molecule has 1 rings (SSSR count). The fourth-order valence-corrected chi connectivity index (χ4v) is 1.80. The van der Waals surface area contributed by atoms with Gasteiger partial charge in [-0.2, -0.15) is 0 Å². The van der Waals surface area contributed by atoms with Crippen LogP contribution in [0.4, 0.5) is 0 Å². The van der Waals surface area contributed by atoms with Crippen molar-refractivity contribution in [3.05, 3.63) is 53.1 Å². The topological polar surface area (TPSA) is 0 Å². The maximum Gasteiger partial charge on any atom is -0.0225 e. The van der Waals surface area contributed by atoms with E-state index >= 15 is 0 Å². The van der Waals surface area contributed by atoms with Gasteiger partial charge in [0.2, 0.25) is 0 Å². The van der Waals surface area contributed by atoms with E-state index in [9.17, 15) is 0 Å². The van der Waals surface area contributed by atoms with Crippen molar-refractivity contribution in [2.45, 2.75) is 41.0 Å². The smallest absolute Gasteiger partial charge is 0.0225 e. The highest BCUT2D eigenvalue weighted by Gasteiger charge is 1.96. The van der Waals surface area contributed by atoms with Crippen molar-refractivity contribution in [3.8, 4) is 0 Å².